The summed E-state index contributed by atoms with van der Waals surface area (Å²) in [6, 6.07) is 8.05. The predicted molar refractivity (Wildman–Crippen MR) is 87.2 cm³/mol. The molecule has 0 bridgehead atoms. The number of carbonyl (C=O) groups is 1. The van der Waals surface area contributed by atoms with Gasteiger partial charge in [0.15, 0.2) is 0 Å². The highest BCUT2D eigenvalue weighted by Gasteiger charge is 2.36. The zero-order valence-electron chi connectivity index (χ0n) is 13.4. The molecule has 1 saturated carbocycles. The molecule has 2 fully saturated rings. The molecule has 1 heterocycles. The SMILES string of the molecule is COCC1(NC(=O)c2ccccc2C2CCNC2)CCCC1. The second kappa shape index (κ2) is 6.80. The monoisotopic (exact) mass is 302 g/mol. The highest BCUT2D eigenvalue weighted by atomic mass is 16.5. The van der Waals surface area contributed by atoms with Crippen LogP contribution in [0.4, 0.5) is 0 Å². The minimum absolute atomic E-state index is 0.0569. The number of hydrogen-bond donors (Lipinski definition) is 2. The van der Waals surface area contributed by atoms with Crippen molar-refractivity contribution in [1.82, 2.24) is 10.6 Å². The van der Waals surface area contributed by atoms with E-state index in [4.69, 9.17) is 4.74 Å². The van der Waals surface area contributed by atoms with Crippen LogP contribution in [-0.2, 0) is 4.74 Å². The molecule has 1 aliphatic heterocycles. The lowest BCUT2D eigenvalue weighted by Crippen LogP contribution is -2.49. The summed E-state index contributed by atoms with van der Waals surface area (Å²) in [7, 11) is 1.71. The average molecular weight is 302 g/mol. The van der Waals surface area contributed by atoms with Crippen LogP contribution >= 0.6 is 0 Å². The number of ether oxygens (including phenoxy) is 1. The first-order valence-electron chi connectivity index (χ1n) is 8.35. The molecule has 4 nitrogen and oxygen atoms in total. The van der Waals surface area contributed by atoms with Crippen LogP contribution in [-0.4, -0.2) is 38.3 Å². The lowest BCUT2D eigenvalue weighted by atomic mass is 9.92. The maximum Gasteiger partial charge on any atom is 0.252 e. The van der Waals surface area contributed by atoms with Crippen molar-refractivity contribution >= 4 is 5.91 Å². The number of benzene rings is 1. The maximum absolute atomic E-state index is 12.9. The van der Waals surface area contributed by atoms with Crippen molar-refractivity contribution in [3.05, 3.63) is 35.4 Å². The predicted octanol–water partition coefficient (Wildman–Crippen LogP) is 2.45. The Morgan fingerprint density at radius 1 is 1.36 bits per heavy atom. The summed E-state index contributed by atoms with van der Waals surface area (Å²) in [5, 5.41) is 6.68. The molecule has 1 atom stereocenters. The molecule has 2 N–H and O–H groups in total. The van der Waals surface area contributed by atoms with Crippen molar-refractivity contribution in [3.63, 3.8) is 0 Å². The molecule has 0 aromatic heterocycles. The minimum Gasteiger partial charge on any atom is -0.382 e. The van der Waals surface area contributed by atoms with Crippen molar-refractivity contribution in [2.45, 2.75) is 43.6 Å². The summed E-state index contributed by atoms with van der Waals surface area (Å²) < 4.78 is 5.37. The van der Waals surface area contributed by atoms with Crippen LogP contribution in [0, 0.1) is 0 Å². The third-order valence-corrected chi connectivity index (χ3v) is 5.07. The van der Waals surface area contributed by atoms with Crippen LogP contribution in [0.15, 0.2) is 24.3 Å². The molecule has 0 spiro atoms. The van der Waals surface area contributed by atoms with Gasteiger partial charge >= 0.3 is 0 Å². The van der Waals surface area contributed by atoms with Gasteiger partial charge in [0, 0.05) is 19.2 Å². The van der Waals surface area contributed by atoms with Crippen LogP contribution in [0.5, 0.6) is 0 Å². The summed E-state index contributed by atoms with van der Waals surface area (Å²) in [5.41, 5.74) is 1.83. The molecular weight excluding hydrogens is 276 g/mol. The van der Waals surface area contributed by atoms with E-state index >= 15 is 0 Å². The van der Waals surface area contributed by atoms with Gasteiger partial charge in [-0.25, -0.2) is 0 Å². The molecule has 22 heavy (non-hydrogen) atoms. The van der Waals surface area contributed by atoms with Crippen molar-refractivity contribution in [2.75, 3.05) is 26.8 Å². The molecule has 1 aromatic carbocycles. The fourth-order valence-electron chi connectivity index (χ4n) is 3.92. The molecule has 1 saturated heterocycles. The number of amides is 1. The molecule has 1 aliphatic carbocycles. The summed E-state index contributed by atoms with van der Waals surface area (Å²) in [6.45, 7) is 2.60. The zero-order chi connectivity index (χ0) is 15.4. The normalized spacial score (nSPS) is 23.6. The van der Waals surface area contributed by atoms with Gasteiger partial charge in [-0.1, -0.05) is 31.0 Å². The Labute approximate surface area is 132 Å². The van der Waals surface area contributed by atoms with E-state index in [1.807, 2.05) is 18.2 Å². The lowest BCUT2D eigenvalue weighted by molar-refractivity contribution is 0.0766. The summed E-state index contributed by atoms with van der Waals surface area (Å²) in [4.78, 5) is 12.9. The van der Waals surface area contributed by atoms with Gasteiger partial charge < -0.3 is 15.4 Å². The van der Waals surface area contributed by atoms with Gasteiger partial charge in [0.25, 0.3) is 5.91 Å². The molecule has 1 amide bonds. The number of methoxy groups -OCH3 is 1. The topological polar surface area (TPSA) is 50.4 Å². The van der Waals surface area contributed by atoms with E-state index in [-0.39, 0.29) is 11.4 Å². The molecule has 0 radical (unpaired) electrons. The highest BCUT2D eigenvalue weighted by Crippen LogP contribution is 2.31. The average Bonchev–Trinajstić information content (AvgIpc) is 3.19. The molecule has 4 heteroatoms. The molecule has 2 aliphatic rings. The van der Waals surface area contributed by atoms with Gasteiger partial charge in [0.2, 0.25) is 0 Å². The van der Waals surface area contributed by atoms with E-state index in [0.29, 0.717) is 12.5 Å². The molecule has 120 valence electrons. The van der Waals surface area contributed by atoms with Crippen molar-refractivity contribution in [2.24, 2.45) is 0 Å². The third-order valence-electron chi connectivity index (χ3n) is 5.07. The van der Waals surface area contributed by atoms with E-state index in [1.165, 1.54) is 5.56 Å². The quantitative estimate of drug-likeness (QED) is 0.878. The number of rotatable bonds is 5. The van der Waals surface area contributed by atoms with Crippen LogP contribution in [0.3, 0.4) is 0 Å². The lowest BCUT2D eigenvalue weighted by Gasteiger charge is -2.30. The highest BCUT2D eigenvalue weighted by molar-refractivity contribution is 5.96. The second-order valence-electron chi connectivity index (χ2n) is 6.65. The summed E-state index contributed by atoms with van der Waals surface area (Å²) in [5.74, 6) is 0.505. The Morgan fingerprint density at radius 3 is 2.82 bits per heavy atom. The van der Waals surface area contributed by atoms with Gasteiger partial charge in [0.05, 0.1) is 12.1 Å². The van der Waals surface area contributed by atoms with E-state index < -0.39 is 0 Å². The van der Waals surface area contributed by atoms with E-state index in [9.17, 15) is 4.79 Å². The van der Waals surface area contributed by atoms with Crippen molar-refractivity contribution in [1.29, 1.82) is 0 Å². The van der Waals surface area contributed by atoms with Crippen LogP contribution in [0.1, 0.15) is 53.9 Å². The van der Waals surface area contributed by atoms with E-state index in [0.717, 1.165) is 50.8 Å². The Bertz CT molecular complexity index is 518. The Morgan fingerprint density at radius 2 is 2.14 bits per heavy atom. The molecular formula is C18H26N2O2. The largest absolute Gasteiger partial charge is 0.382 e. The summed E-state index contributed by atoms with van der Waals surface area (Å²) in [6.07, 6.45) is 5.46. The first-order valence-corrected chi connectivity index (χ1v) is 8.35. The fraction of sp³-hybridized carbons (Fsp3) is 0.611. The van der Waals surface area contributed by atoms with Crippen LogP contribution in [0.2, 0.25) is 0 Å². The van der Waals surface area contributed by atoms with Crippen LogP contribution < -0.4 is 10.6 Å². The Kier molecular flexibility index (Phi) is 4.79. The minimum atomic E-state index is -0.174. The standard InChI is InChI=1S/C18H26N2O2/c1-22-13-18(9-4-5-10-18)20-17(21)16-7-3-2-6-15(16)14-8-11-19-12-14/h2-3,6-7,14,19H,4-5,8-13H2,1H3,(H,20,21). The van der Waals surface area contributed by atoms with E-state index in [1.54, 1.807) is 7.11 Å². The van der Waals surface area contributed by atoms with Crippen LogP contribution in [0.25, 0.3) is 0 Å². The number of carbonyl (C=O) groups excluding carboxylic acids is 1. The van der Waals surface area contributed by atoms with Gasteiger partial charge in [0.1, 0.15) is 0 Å². The zero-order valence-corrected chi connectivity index (χ0v) is 13.4. The first kappa shape index (κ1) is 15.5. The fourth-order valence-corrected chi connectivity index (χ4v) is 3.92. The van der Waals surface area contributed by atoms with Gasteiger partial charge in [-0.2, -0.15) is 0 Å². The molecule has 3 rings (SSSR count). The smallest absolute Gasteiger partial charge is 0.252 e. The Balaban J connectivity index is 1.79. The number of hydrogen-bond acceptors (Lipinski definition) is 3. The van der Waals surface area contributed by atoms with E-state index in [2.05, 4.69) is 16.7 Å². The second-order valence-corrected chi connectivity index (χ2v) is 6.65. The maximum atomic E-state index is 12.9. The van der Waals surface area contributed by atoms with Crippen molar-refractivity contribution < 1.29 is 9.53 Å². The van der Waals surface area contributed by atoms with Gasteiger partial charge in [-0.15, -0.1) is 0 Å². The first-order chi connectivity index (χ1) is 10.7. The van der Waals surface area contributed by atoms with Gasteiger partial charge in [-0.05, 0) is 43.4 Å². The molecule has 1 unspecified atom stereocenters. The Hall–Kier alpha value is -1.39. The number of nitrogens with one attached hydrogen (secondary N) is 2. The molecule has 1 aromatic rings. The van der Waals surface area contributed by atoms with Crippen molar-refractivity contribution in [3.8, 4) is 0 Å². The third kappa shape index (κ3) is 3.18. The summed E-state index contributed by atoms with van der Waals surface area (Å²) >= 11 is 0. The van der Waals surface area contributed by atoms with Gasteiger partial charge in [-0.3, -0.25) is 4.79 Å².